The fraction of sp³-hybridized carbons (Fsp3) is 0.182. The van der Waals surface area contributed by atoms with E-state index in [1.165, 1.54) is 12.1 Å². The molecular weight excluding hydrogens is 439 g/mol. The van der Waals surface area contributed by atoms with E-state index in [-0.39, 0.29) is 17.5 Å². The monoisotopic (exact) mass is 456 g/mol. The molecule has 0 radical (unpaired) electrons. The van der Waals surface area contributed by atoms with Crippen LogP contribution in [0.4, 0.5) is 10.1 Å². The quantitative estimate of drug-likeness (QED) is 0.551. The Labute approximate surface area is 175 Å². The maximum Gasteiger partial charge on any atom is 0.291 e. The lowest BCUT2D eigenvalue weighted by atomic mass is 9.71. The lowest BCUT2D eigenvalue weighted by Crippen LogP contribution is -2.50. The average molecular weight is 457 g/mol. The predicted molar refractivity (Wildman–Crippen MR) is 110 cm³/mol. The number of anilines is 1. The predicted octanol–water partition coefficient (Wildman–Crippen LogP) is 5.24. The third-order valence-electron chi connectivity index (χ3n) is 5.14. The van der Waals surface area contributed by atoms with Crippen molar-refractivity contribution in [3.05, 3.63) is 88.0 Å². The van der Waals surface area contributed by atoms with Gasteiger partial charge >= 0.3 is 0 Å². The fourth-order valence-electron chi connectivity index (χ4n) is 3.44. The summed E-state index contributed by atoms with van der Waals surface area (Å²) < 4.78 is 19.0. The van der Waals surface area contributed by atoms with E-state index in [4.69, 9.17) is 4.42 Å². The summed E-state index contributed by atoms with van der Waals surface area (Å²) in [6.45, 7) is 0. The van der Waals surface area contributed by atoms with Crippen LogP contribution in [0.3, 0.4) is 0 Å². The minimum atomic E-state index is -0.482. The molecule has 1 saturated carbocycles. The first kappa shape index (κ1) is 19.4. The molecule has 1 fully saturated rings. The van der Waals surface area contributed by atoms with Crippen LogP contribution in [0.2, 0.25) is 0 Å². The van der Waals surface area contributed by atoms with Crippen molar-refractivity contribution in [2.24, 2.45) is 0 Å². The Morgan fingerprint density at radius 1 is 1.00 bits per heavy atom. The van der Waals surface area contributed by atoms with Crippen LogP contribution >= 0.6 is 15.9 Å². The molecular formula is C22H18BrFN2O3. The average Bonchev–Trinajstić information content (AvgIpc) is 3.12. The summed E-state index contributed by atoms with van der Waals surface area (Å²) >= 11 is 3.16. The minimum absolute atomic E-state index is 0.163. The zero-order valence-electron chi connectivity index (χ0n) is 15.4. The van der Waals surface area contributed by atoms with Gasteiger partial charge in [-0.2, -0.15) is 0 Å². The second-order valence-electron chi connectivity index (χ2n) is 7.04. The molecule has 1 aromatic heterocycles. The fourth-order valence-corrected chi connectivity index (χ4v) is 3.75. The van der Waals surface area contributed by atoms with E-state index >= 15 is 0 Å². The van der Waals surface area contributed by atoms with Gasteiger partial charge in [-0.15, -0.1) is 0 Å². The summed E-state index contributed by atoms with van der Waals surface area (Å²) in [7, 11) is 0. The Kier molecular flexibility index (Phi) is 5.24. The van der Waals surface area contributed by atoms with E-state index in [9.17, 15) is 14.0 Å². The number of carbonyl (C=O) groups excluding carboxylic acids is 2. The van der Waals surface area contributed by atoms with Crippen LogP contribution in [0.1, 0.15) is 45.7 Å². The van der Waals surface area contributed by atoms with Gasteiger partial charge in [-0.25, -0.2) is 4.39 Å². The van der Waals surface area contributed by atoms with E-state index in [1.54, 1.807) is 48.5 Å². The maximum atomic E-state index is 13.3. The van der Waals surface area contributed by atoms with E-state index in [1.807, 2.05) is 0 Å². The third kappa shape index (κ3) is 4.10. The van der Waals surface area contributed by atoms with E-state index in [2.05, 4.69) is 26.6 Å². The molecule has 0 aliphatic heterocycles. The summed E-state index contributed by atoms with van der Waals surface area (Å²) in [6.07, 6.45) is 2.59. The van der Waals surface area contributed by atoms with E-state index < -0.39 is 11.4 Å². The molecule has 1 aliphatic carbocycles. The Balaban J connectivity index is 1.49. The van der Waals surface area contributed by atoms with Crippen LogP contribution in [0.25, 0.3) is 0 Å². The van der Waals surface area contributed by atoms with Crippen LogP contribution < -0.4 is 10.6 Å². The lowest BCUT2D eigenvalue weighted by molar-refractivity contribution is 0.0822. The zero-order valence-corrected chi connectivity index (χ0v) is 17.0. The molecule has 0 bridgehead atoms. The van der Waals surface area contributed by atoms with Gasteiger partial charge in [0, 0.05) is 11.3 Å². The van der Waals surface area contributed by atoms with Crippen LogP contribution in [0, 0.1) is 5.82 Å². The van der Waals surface area contributed by atoms with Crippen molar-refractivity contribution in [1.29, 1.82) is 0 Å². The summed E-state index contributed by atoms with van der Waals surface area (Å²) in [4.78, 5) is 25.1. The molecule has 0 spiro atoms. The number of halogens is 2. The van der Waals surface area contributed by atoms with Crippen molar-refractivity contribution >= 4 is 33.4 Å². The van der Waals surface area contributed by atoms with Gasteiger partial charge in [-0.3, -0.25) is 9.59 Å². The van der Waals surface area contributed by atoms with Crippen LogP contribution in [0.15, 0.2) is 69.8 Å². The molecule has 2 N–H and O–H groups in total. The summed E-state index contributed by atoms with van der Waals surface area (Å²) in [5.41, 5.74) is 1.33. The number of rotatable bonds is 5. The van der Waals surface area contributed by atoms with Crippen molar-refractivity contribution in [2.45, 2.75) is 24.8 Å². The first-order valence-electron chi connectivity index (χ1n) is 9.20. The maximum absolute atomic E-state index is 13.3. The summed E-state index contributed by atoms with van der Waals surface area (Å²) in [6, 6.07) is 16.1. The SMILES string of the molecule is O=C(NC1(c2ccc(F)cc2)CCC1)c1cccc(NC(=O)c2ccc(Br)o2)c1. The molecule has 4 rings (SSSR count). The molecule has 29 heavy (non-hydrogen) atoms. The minimum Gasteiger partial charge on any atom is -0.444 e. The van der Waals surface area contributed by atoms with Gasteiger partial charge in [0.05, 0.1) is 5.54 Å². The second-order valence-corrected chi connectivity index (χ2v) is 7.82. The second kappa shape index (κ2) is 7.83. The van der Waals surface area contributed by atoms with Gasteiger partial charge in [0.2, 0.25) is 0 Å². The molecule has 2 amide bonds. The number of hydrogen-bond acceptors (Lipinski definition) is 3. The molecule has 0 unspecified atom stereocenters. The third-order valence-corrected chi connectivity index (χ3v) is 5.56. The first-order chi connectivity index (χ1) is 13.9. The Morgan fingerprint density at radius 2 is 1.76 bits per heavy atom. The van der Waals surface area contributed by atoms with Crippen molar-refractivity contribution in [2.75, 3.05) is 5.32 Å². The Hall–Kier alpha value is -2.93. The summed E-state index contributed by atoms with van der Waals surface area (Å²) in [5.74, 6) is -0.793. The number of nitrogens with one attached hydrogen (secondary N) is 2. The molecule has 0 atom stereocenters. The highest BCUT2D eigenvalue weighted by atomic mass is 79.9. The van der Waals surface area contributed by atoms with E-state index in [0.717, 1.165) is 24.8 Å². The molecule has 0 saturated heterocycles. The number of amides is 2. The molecule has 1 aliphatic rings. The molecule has 3 aromatic rings. The van der Waals surface area contributed by atoms with E-state index in [0.29, 0.717) is 15.9 Å². The number of furan rings is 1. The molecule has 148 valence electrons. The number of benzene rings is 2. The van der Waals surface area contributed by atoms with Crippen LogP contribution in [0.5, 0.6) is 0 Å². The van der Waals surface area contributed by atoms with Gasteiger partial charge in [-0.05, 0) is 83.2 Å². The first-order valence-corrected chi connectivity index (χ1v) is 10.00. The largest absolute Gasteiger partial charge is 0.444 e. The number of carbonyl (C=O) groups is 2. The van der Waals surface area contributed by atoms with Gasteiger partial charge in [0.25, 0.3) is 11.8 Å². The van der Waals surface area contributed by atoms with Crippen LogP contribution in [-0.2, 0) is 5.54 Å². The Bertz CT molecular complexity index is 1060. The number of hydrogen-bond donors (Lipinski definition) is 2. The highest BCUT2D eigenvalue weighted by Gasteiger charge is 2.40. The van der Waals surface area contributed by atoms with Crippen molar-refractivity contribution in [1.82, 2.24) is 5.32 Å². The lowest BCUT2D eigenvalue weighted by Gasteiger charge is -2.43. The van der Waals surface area contributed by atoms with Crippen LogP contribution in [-0.4, -0.2) is 11.8 Å². The standard InChI is InChI=1S/C22H18BrFN2O3/c23-19-10-9-18(29-19)21(28)25-17-4-1-3-14(13-17)20(27)26-22(11-2-12-22)15-5-7-16(24)8-6-15/h1,3-10,13H,2,11-12H2,(H,25,28)(H,26,27). The zero-order chi connectivity index (χ0) is 20.4. The van der Waals surface area contributed by atoms with Crippen molar-refractivity contribution < 1.29 is 18.4 Å². The molecule has 7 heteroatoms. The molecule has 2 aromatic carbocycles. The smallest absolute Gasteiger partial charge is 0.291 e. The van der Waals surface area contributed by atoms with Gasteiger partial charge in [-0.1, -0.05) is 18.2 Å². The highest BCUT2D eigenvalue weighted by Crippen LogP contribution is 2.41. The van der Waals surface area contributed by atoms with Gasteiger partial charge in [0.1, 0.15) is 5.82 Å². The van der Waals surface area contributed by atoms with Crippen molar-refractivity contribution in [3.63, 3.8) is 0 Å². The Morgan fingerprint density at radius 3 is 2.38 bits per heavy atom. The van der Waals surface area contributed by atoms with Gasteiger partial charge in [0.15, 0.2) is 10.4 Å². The topological polar surface area (TPSA) is 71.3 Å². The molecule has 5 nitrogen and oxygen atoms in total. The molecule has 1 heterocycles. The summed E-state index contributed by atoms with van der Waals surface area (Å²) in [5, 5.41) is 5.82. The normalized spacial score (nSPS) is 14.7. The highest BCUT2D eigenvalue weighted by molar-refractivity contribution is 9.10. The van der Waals surface area contributed by atoms with Crippen molar-refractivity contribution in [3.8, 4) is 0 Å². The van der Waals surface area contributed by atoms with Gasteiger partial charge < -0.3 is 15.1 Å².